The second kappa shape index (κ2) is 5.19. The first-order valence-electron chi connectivity index (χ1n) is 7.31. The molecule has 0 amide bonds. The monoisotopic (exact) mass is 295 g/mol. The molecule has 1 aromatic carbocycles. The van der Waals surface area contributed by atoms with E-state index in [-0.39, 0.29) is 0 Å². The van der Waals surface area contributed by atoms with Crippen LogP contribution in [0.15, 0.2) is 42.6 Å². The van der Waals surface area contributed by atoms with Gasteiger partial charge in [0.2, 0.25) is 0 Å². The van der Waals surface area contributed by atoms with Crippen LogP contribution in [0.25, 0.3) is 16.9 Å². The molecule has 0 radical (unpaired) electrons. The second-order valence-corrected chi connectivity index (χ2v) is 6.70. The van der Waals surface area contributed by atoms with E-state index in [1.807, 2.05) is 24.0 Å². The van der Waals surface area contributed by atoms with Crippen molar-refractivity contribution in [3.8, 4) is 5.69 Å². The quantitative estimate of drug-likeness (QED) is 0.717. The van der Waals surface area contributed by atoms with E-state index in [1.54, 1.807) is 0 Å². The van der Waals surface area contributed by atoms with Crippen LogP contribution >= 0.6 is 11.8 Å². The third-order valence-electron chi connectivity index (χ3n) is 4.00. The summed E-state index contributed by atoms with van der Waals surface area (Å²) in [4.78, 5) is 9.46. The number of hydrogen-bond donors (Lipinski definition) is 0. The summed E-state index contributed by atoms with van der Waals surface area (Å²) in [5, 5.41) is 0. The van der Waals surface area contributed by atoms with Crippen LogP contribution in [0.4, 0.5) is 0 Å². The normalized spacial score (nSPS) is 18.4. The largest absolute Gasteiger partial charge is 0.280 e. The maximum absolute atomic E-state index is 4.89. The lowest BCUT2D eigenvalue weighted by molar-refractivity contribution is 0.705. The summed E-state index contributed by atoms with van der Waals surface area (Å²) in [5.41, 5.74) is 4.39. The number of imidazole rings is 1. The molecule has 4 heteroatoms. The lowest BCUT2D eigenvalue weighted by atomic mass is 10.1. The van der Waals surface area contributed by atoms with Gasteiger partial charge >= 0.3 is 0 Å². The first-order valence-corrected chi connectivity index (χ1v) is 8.46. The van der Waals surface area contributed by atoms with E-state index < -0.39 is 0 Å². The highest BCUT2D eigenvalue weighted by atomic mass is 32.2. The number of benzene rings is 1. The molecule has 3 nitrogen and oxygen atoms in total. The van der Waals surface area contributed by atoms with Crippen molar-refractivity contribution in [3.05, 3.63) is 54.0 Å². The van der Waals surface area contributed by atoms with Crippen LogP contribution in [-0.4, -0.2) is 26.0 Å². The number of aromatic nitrogens is 3. The van der Waals surface area contributed by atoms with Gasteiger partial charge in [-0.15, -0.1) is 0 Å². The number of nitrogens with zero attached hydrogens (tertiary/aromatic N) is 3. The molecule has 21 heavy (non-hydrogen) atoms. The minimum atomic E-state index is 0.532. The van der Waals surface area contributed by atoms with Gasteiger partial charge in [-0.2, -0.15) is 11.8 Å². The zero-order chi connectivity index (χ0) is 14.2. The van der Waals surface area contributed by atoms with Gasteiger partial charge in [0.05, 0.1) is 0 Å². The Balaban J connectivity index is 1.98. The van der Waals surface area contributed by atoms with Gasteiger partial charge in [0.25, 0.3) is 0 Å². The summed E-state index contributed by atoms with van der Waals surface area (Å²) in [6.45, 7) is 2.13. The van der Waals surface area contributed by atoms with E-state index in [2.05, 4.69) is 46.8 Å². The molecule has 0 aliphatic carbocycles. The van der Waals surface area contributed by atoms with E-state index in [0.717, 1.165) is 16.9 Å². The number of thioether (sulfide) groups is 1. The van der Waals surface area contributed by atoms with Crippen LogP contribution in [0.3, 0.4) is 0 Å². The molecule has 1 aliphatic heterocycles. The zero-order valence-corrected chi connectivity index (χ0v) is 12.8. The summed E-state index contributed by atoms with van der Waals surface area (Å²) < 4.78 is 2.25. The molecular formula is C17H17N3S. The summed E-state index contributed by atoms with van der Waals surface area (Å²) in [5.74, 6) is 4.09. The van der Waals surface area contributed by atoms with Crippen molar-refractivity contribution in [3.63, 3.8) is 0 Å². The maximum atomic E-state index is 4.89. The van der Waals surface area contributed by atoms with Gasteiger partial charge in [-0.05, 0) is 48.9 Å². The Morgan fingerprint density at radius 1 is 1.24 bits per heavy atom. The molecule has 0 saturated carbocycles. The fourth-order valence-corrected chi connectivity index (χ4v) is 4.18. The number of fused-ring (bicyclic) bond motifs is 1. The Morgan fingerprint density at radius 2 is 2.19 bits per heavy atom. The van der Waals surface area contributed by atoms with Crippen molar-refractivity contribution in [2.45, 2.75) is 19.3 Å². The molecule has 1 atom stereocenters. The number of rotatable bonds is 2. The molecule has 2 aromatic heterocycles. The SMILES string of the molecule is Cc1cccc(-n2c(C3CCSC3)nc3cccnc32)c1. The molecule has 0 N–H and O–H groups in total. The van der Waals surface area contributed by atoms with E-state index >= 15 is 0 Å². The molecule has 4 rings (SSSR count). The molecule has 106 valence electrons. The molecule has 3 aromatic rings. The van der Waals surface area contributed by atoms with Gasteiger partial charge in [0.1, 0.15) is 11.3 Å². The highest BCUT2D eigenvalue weighted by Gasteiger charge is 2.25. The zero-order valence-electron chi connectivity index (χ0n) is 12.0. The van der Waals surface area contributed by atoms with Crippen molar-refractivity contribution in [1.82, 2.24) is 14.5 Å². The highest BCUT2D eigenvalue weighted by Crippen LogP contribution is 2.34. The minimum Gasteiger partial charge on any atom is -0.280 e. The molecule has 1 aliphatic rings. The number of aryl methyl sites for hydroxylation is 1. The molecule has 1 fully saturated rings. The van der Waals surface area contributed by atoms with Gasteiger partial charge in [-0.25, -0.2) is 9.97 Å². The topological polar surface area (TPSA) is 30.7 Å². The van der Waals surface area contributed by atoms with Crippen LogP contribution in [0, 0.1) is 6.92 Å². The van der Waals surface area contributed by atoms with Crippen molar-refractivity contribution in [1.29, 1.82) is 0 Å². The van der Waals surface area contributed by atoms with Crippen LogP contribution < -0.4 is 0 Å². The molecule has 0 bridgehead atoms. The molecule has 1 unspecified atom stereocenters. The highest BCUT2D eigenvalue weighted by molar-refractivity contribution is 7.99. The van der Waals surface area contributed by atoms with Gasteiger partial charge in [-0.1, -0.05) is 12.1 Å². The molecule has 0 spiro atoms. The summed E-state index contributed by atoms with van der Waals surface area (Å²) in [7, 11) is 0. The van der Waals surface area contributed by atoms with Crippen LogP contribution in [0.1, 0.15) is 23.7 Å². The molecule has 1 saturated heterocycles. The Morgan fingerprint density at radius 3 is 3.00 bits per heavy atom. The van der Waals surface area contributed by atoms with E-state index in [9.17, 15) is 0 Å². The Hall–Kier alpha value is -1.81. The van der Waals surface area contributed by atoms with Crippen LogP contribution in [-0.2, 0) is 0 Å². The van der Waals surface area contributed by atoms with Crippen LogP contribution in [0.2, 0.25) is 0 Å². The summed E-state index contributed by atoms with van der Waals surface area (Å²) >= 11 is 2.02. The smallest absolute Gasteiger partial charge is 0.164 e. The average molecular weight is 295 g/mol. The Bertz CT molecular complexity index is 788. The van der Waals surface area contributed by atoms with E-state index in [4.69, 9.17) is 4.98 Å². The lowest BCUT2D eigenvalue weighted by Crippen LogP contribution is -2.07. The van der Waals surface area contributed by atoms with Crippen molar-refractivity contribution in [2.24, 2.45) is 0 Å². The lowest BCUT2D eigenvalue weighted by Gasteiger charge is -2.13. The fourth-order valence-electron chi connectivity index (χ4n) is 2.96. The van der Waals surface area contributed by atoms with Crippen LogP contribution in [0.5, 0.6) is 0 Å². The second-order valence-electron chi connectivity index (χ2n) is 5.55. The summed E-state index contributed by atoms with van der Waals surface area (Å²) in [6, 6.07) is 12.6. The Kier molecular flexibility index (Phi) is 3.19. The van der Waals surface area contributed by atoms with Gasteiger partial charge < -0.3 is 0 Å². The molecular weight excluding hydrogens is 278 g/mol. The van der Waals surface area contributed by atoms with Crippen molar-refractivity contribution in [2.75, 3.05) is 11.5 Å². The first-order chi connectivity index (χ1) is 10.3. The maximum Gasteiger partial charge on any atom is 0.164 e. The van der Waals surface area contributed by atoms with Crippen molar-refractivity contribution >= 4 is 22.9 Å². The van der Waals surface area contributed by atoms with E-state index in [1.165, 1.54) is 29.2 Å². The minimum absolute atomic E-state index is 0.532. The number of hydrogen-bond acceptors (Lipinski definition) is 3. The standard InChI is InChI=1S/C17H17N3S/c1-12-4-2-5-14(10-12)20-16(13-7-9-21-11-13)19-15-6-3-8-18-17(15)20/h2-6,8,10,13H,7,9,11H2,1H3. The van der Waals surface area contributed by atoms with Gasteiger partial charge in [0.15, 0.2) is 5.65 Å². The Labute approximate surface area is 128 Å². The third kappa shape index (κ3) is 2.23. The van der Waals surface area contributed by atoms with Crippen molar-refractivity contribution < 1.29 is 0 Å². The summed E-state index contributed by atoms with van der Waals surface area (Å²) in [6.07, 6.45) is 3.06. The van der Waals surface area contributed by atoms with E-state index in [0.29, 0.717) is 5.92 Å². The predicted octanol–water partition coefficient (Wildman–Crippen LogP) is 3.95. The third-order valence-corrected chi connectivity index (χ3v) is 5.16. The number of pyridine rings is 1. The first kappa shape index (κ1) is 12.9. The predicted molar refractivity (Wildman–Crippen MR) is 88.3 cm³/mol. The van der Waals surface area contributed by atoms with Gasteiger partial charge in [-0.3, -0.25) is 4.57 Å². The van der Waals surface area contributed by atoms with Gasteiger partial charge in [0, 0.05) is 23.6 Å². The molecule has 3 heterocycles. The average Bonchev–Trinajstić information content (AvgIpc) is 3.14. The fraction of sp³-hybridized carbons (Fsp3) is 0.294.